The Bertz CT molecular complexity index is 1460. The van der Waals surface area contributed by atoms with Crippen LogP contribution in [0.1, 0.15) is 5.56 Å². The van der Waals surface area contributed by atoms with Gasteiger partial charge in [-0.25, -0.2) is 9.97 Å². The molecule has 0 amide bonds. The van der Waals surface area contributed by atoms with Crippen molar-refractivity contribution >= 4 is 33.7 Å². The first-order valence-corrected chi connectivity index (χ1v) is 10.8. The highest BCUT2D eigenvalue weighted by Gasteiger charge is 2.13. The lowest BCUT2D eigenvalue weighted by Crippen LogP contribution is -2.18. The minimum Gasteiger partial charge on any atom is -0.275 e. The van der Waals surface area contributed by atoms with Crippen molar-refractivity contribution in [2.45, 2.75) is 11.9 Å². The molecule has 0 atom stereocenters. The summed E-state index contributed by atoms with van der Waals surface area (Å²) in [5.74, 6) is 0. The van der Waals surface area contributed by atoms with Crippen molar-refractivity contribution < 1.29 is 0 Å². The molecule has 1 aromatic carbocycles. The minimum absolute atomic E-state index is 0.0983. The number of benzene rings is 1. The number of pyridine rings is 4. The fourth-order valence-corrected chi connectivity index (χ4v) is 3.97. The maximum absolute atomic E-state index is 12.9. The first-order valence-electron chi connectivity index (χ1n) is 9.53. The zero-order chi connectivity index (χ0) is 20.7. The molecule has 4 aromatic heterocycles. The Labute approximate surface area is 177 Å². The van der Waals surface area contributed by atoms with Crippen LogP contribution in [0.15, 0.2) is 82.9 Å². The third kappa shape index (κ3) is 3.15. The van der Waals surface area contributed by atoms with Crippen LogP contribution in [0.4, 0.5) is 0 Å². The molecule has 5 aromatic rings. The fraction of sp³-hybridized carbons (Fsp3) is 0.0833. The monoisotopic (exact) mass is 410 g/mol. The van der Waals surface area contributed by atoms with Crippen molar-refractivity contribution in [2.75, 3.05) is 6.26 Å². The zero-order valence-corrected chi connectivity index (χ0v) is 17.4. The van der Waals surface area contributed by atoms with Crippen molar-refractivity contribution in [3.63, 3.8) is 0 Å². The van der Waals surface area contributed by atoms with E-state index in [2.05, 4.69) is 9.97 Å². The van der Waals surface area contributed by atoms with E-state index in [9.17, 15) is 4.79 Å². The molecule has 0 saturated heterocycles. The van der Waals surface area contributed by atoms with Gasteiger partial charge in [0.15, 0.2) is 0 Å². The summed E-state index contributed by atoms with van der Waals surface area (Å²) >= 11 is 1.60. The SMILES string of the molecule is CSc1ccc(-c2ccc3ncc4ccc(=O)n(-c5cccc(C)c5)c4c3n2)cn1. The van der Waals surface area contributed by atoms with E-state index in [0.717, 1.165) is 44.0 Å². The van der Waals surface area contributed by atoms with E-state index < -0.39 is 0 Å². The lowest BCUT2D eigenvalue weighted by Gasteiger charge is -2.13. The van der Waals surface area contributed by atoms with E-state index in [1.54, 1.807) is 34.7 Å². The lowest BCUT2D eigenvalue weighted by molar-refractivity contribution is 1.04. The highest BCUT2D eigenvalue weighted by Crippen LogP contribution is 2.27. The predicted octanol–water partition coefficient (Wildman–Crippen LogP) is 5.03. The lowest BCUT2D eigenvalue weighted by atomic mass is 10.1. The van der Waals surface area contributed by atoms with Gasteiger partial charge in [-0.15, -0.1) is 11.8 Å². The number of hydrogen-bond donors (Lipinski definition) is 0. The van der Waals surface area contributed by atoms with Crippen molar-refractivity contribution in [3.05, 3.63) is 89.0 Å². The van der Waals surface area contributed by atoms with Crippen molar-refractivity contribution in [3.8, 4) is 16.9 Å². The molecule has 30 heavy (non-hydrogen) atoms. The van der Waals surface area contributed by atoms with Gasteiger partial charge in [0.05, 0.1) is 21.8 Å². The maximum Gasteiger partial charge on any atom is 0.255 e. The summed E-state index contributed by atoms with van der Waals surface area (Å²) in [5.41, 5.74) is 5.72. The second-order valence-electron chi connectivity index (χ2n) is 7.06. The Hall–Kier alpha value is -3.51. The molecule has 0 spiro atoms. The molecule has 0 aliphatic carbocycles. The van der Waals surface area contributed by atoms with Crippen molar-refractivity contribution in [2.24, 2.45) is 0 Å². The van der Waals surface area contributed by atoms with Gasteiger partial charge in [-0.05, 0) is 61.2 Å². The quantitative estimate of drug-likeness (QED) is 0.308. The zero-order valence-electron chi connectivity index (χ0n) is 16.5. The highest BCUT2D eigenvalue weighted by atomic mass is 32.2. The van der Waals surface area contributed by atoms with E-state index in [0.29, 0.717) is 5.52 Å². The topological polar surface area (TPSA) is 60.7 Å². The molecule has 0 unspecified atom stereocenters. The van der Waals surface area contributed by atoms with E-state index in [4.69, 9.17) is 4.98 Å². The van der Waals surface area contributed by atoms with E-state index in [1.165, 1.54) is 0 Å². The number of fused-ring (bicyclic) bond motifs is 3. The van der Waals surface area contributed by atoms with Gasteiger partial charge < -0.3 is 0 Å². The summed E-state index contributed by atoms with van der Waals surface area (Å²) in [6.07, 6.45) is 5.62. The molecule has 0 fully saturated rings. The molecule has 0 bridgehead atoms. The minimum atomic E-state index is -0.0983. The van der Waals surface area contributed by atoms with Crippen LogP contribution in [0.3, 0.4) is 0 Å². The van der Waals surface area contributed by atoms with E-state index >= 15 is 0 Å². The van der Waals surface area contributed by atoms with Crippen LogP contribution in [-0.4, -0.2) is 25.8 Å². The first kappa shape index (κ1) is 18.5. The third-order valence-electron chi connectivity index (χ3n) is 5.06. The normalized spacial score (nSPS) is 11.3. The van der Waals surface area contributed by atoms with Crippen LogP contribution >= 0.6 is 11.8 Å². The molecule has 5 nitrogen and oxygen atoms in total. The number of thioether (sulfide) groups is 1. The summed E-state index contributed by atoms with van der Waals surface area (Å²) in [6.45, 7) is 2.01. The standard InChI is InChI=1S/C24H18N4OS/c1-15-4-3-5-18(12-15)28-22(29)11-7-17-14-25-20-9-8-19(27-23(20)24(17)28)16-6-10-21(30-2)26-13-16/h3-14H,1-2H3. The molecule has 0 radical (unpaired) electrons. The predicted molar refractivity (Wildman–Crippen MR) is 122 cm³/mol. The van der Waals surface area contributed by atoms with Crippen LogP contribution in [0.2, 0.25) is 0 Å². The van der Waals surface area contributed by atoms with Gasteiger partial charge in [-0.1, -0.05) is 12.1 Å². The van der Waals surface area contributed by atoms with Crippen molar-refractivity contribution in [1.29, 1.82) is 0 Å². The molecule has 6 heteroatoms. The number of nitrogens with zero attached hydrogens (tertiary/aromatic N) is 4. The van der Waals surface area contributed by atoms with Gasteiger partial charge >= 0.3 is 0 Å². The van der Waals surface area contributed by atoms with Crippen LogP contribution in [0, 0.1) is 6.92 Å². The Morgan fingerprint density at radius 3 is 2.60 bits per heavy atom. The fourth-order valence-electron chi connectivity index (χ4n) is 3.61. The van der Waals surface area contributed by atoms with Crippen LogP contribution in [0.25, 0.3) is 38.9 Å². The molecule has 5 rings (SSSR count). The summed E-state index contributed by atoms with van der Waals surface area (Å²) in [5, 5.41) is 1.82. The maximum atomic E-state index is 12.9. The second kappa shape index (κ2) is 7.39. The van der Waals surface area contributed by atoms with Gasteiger partial charge in [0.2, 0.25) is 0 Å². The number of hydrogen-bond acceptors (Lipinski definition) is 5. The summed E-state index contributed by atoms with van der Waals surface area (Å²) in [7, 11) is 0. The van der Waals surface area contributed by atoms with Gasteiger partial charge in [0.1, 0.15) is 5.52 Å². The summed E-state index contributed by atoms with van der Waals surface area (Å²) in [4.78, 5) is 26.8. The van der Waals surface area contributed by atoms with Gasteiger partial charge in [-0.3, -0.25) is 14.3 Å². The van der Waals surface area contributed by atoms with Gasteiger partial charge in [0.25, 0.3) is 5.56 Å². The second-order valence-corrected chi connectivity index (χ2v) is 7.89. The average molecular weight is 411 g/mol. The molecule has 4 heterocycles. The summed E-state index contributed by atoms with van der Waals surface area (Å²) in [6, 6.07) is 19.2. The molecule has 146 valence electrons. The van der Waals surface area contributed by atoms with Crippen molar-refractivity contribution in [1.82, 2.24) is 19.5 Å². The number of aromatic nitrogens is 4. The average Bonchev–Trinajstić information content (AvgIpc) is 2.78. The highest BCUT2D eigenvalue weighted by molar-refractivity contribution is 7.98. The molecule has 0 aliphatic heterocycles. The third-order valence-corrected chi connectivity index (χ3v) is 5.72. The smallest absolute Gasteiger partial charge is 0.255 e. The van der Waals surface area contributed by atoms with Crippen LogP contribution in [-0.2, 0) is 0 Å². The largest absolute Gasteiger partial charge is 0.275 e. The molecular formula is C24H18N4OS. The molecule has 0 aliphatic rings. The Morgan fingerprint density at radius 1 is 0.933 bits per heavy atom. The van der Waals surface area contributed by atoms with E-state index in [1.807, 2.05) is 67.9 Å². The Morgan fingerprint density at radius 2 is 1.83 bits per heavy atom. The number of rotatable bonds is 3. The number of aryl methyl sites for hydroxylation is 1. The van der Waals surface area contributed by atoms with Gasteiger partial charge in [0, 0.05) is 35.1 Å². The van der Waals surface area contributed by atoms with E-state index in [-0.39, 0.29) is 5.56 Å². The summed E-state index contributed by atoms with van der Waals surface area (Å²) < 4.78 is 1.72. The molecular weight excluding hydrogens is 392 g/mol. The van der Waals surface area contributed by atoms with Gasteiger partial charge in [-0.2, -0.15) is 0 Å². The van der Waals surface area contributed by atoms with Crippen LogP contribution < -0.4 is 5.56 Å². The molecule has 0 saturated carbocycles. The Balaban J connectivity index is 1.83. The first-order chi connectivity index (χ1) is 14.6. The van der Waals surface area contributed by atoms with Crippen LogP contribution in [0.5, 0.6) is 0 Å². The molecule has 0 N–H and O–H groups in total. The Kier molecular flexibility index (Phi) is 4.56.